The zero-order chi connectivity index (χ0) is 19.2. The van der Waals surface area contributed by atoms with Crippen molar-refractivity contribution in [2.75, 3.05) is 31.2 Å². The number of nitrogens with zero attached hydrogens (tertiary/aromatic N) is 3. The van der Waals surface area contributed by atoms with Crippen molar-refractivity contribution in [3.8, 4) is 23.1 Å². The van der Waals surface area contributed by atoms with Crippen molar-refractivity contribution in [3.05, 3.63) is 29.8 Å². The van der Waals surface area contributed by atoms with E-state index in [2.05, 4.69) is 15.3 Å². The number of ether oxygens (including phenoxy) is 2. The molecule has 3 rings (SSSR count). The molecule has 1 aromatic carbocycles. The van der Waals surface area contributed by atoms with Crippen LogP contribution < -0.4 is 21.5 Å². The molecule has 1 unspecified atom stereocenters. The van der Waals surface area contributed by atoms with E-state index in [4.69, 9.17) is 20.9 Å². The Labute approximate surface area is 156 Å². The molecule has 2 heterocycles. The summed E-state index contributed by atoms with van der Waals surface area (Å²) in [7, 11) is 0. The number of carbonyl (C=O) groups excluding carboxylic acids is 1. The van der Waals surface area contributed by atoms with Gasteiger partial charge in [0.15, 0.2) is 6.61 Å². The van der Waals surface area contributed by atoms with E-state index < -0.39 is 0 Å². The van der Waals surface area contributed by atoms with E-state index in [-0.39, 0.29) is 41.6 Å². The van der Waals surface area contributed by atoms with Crippen molar-refractivity contribution < 1.29 is 14.3 Å². The van der Waals surface area contributed by atoms with Gasteiger partial charge in [-0.1, -0.05) is 12.1 Å². The van der Waals surface area contributed by atoms with Crippen molar-refractivity contribution >= 4 is 17.7 Å². The van der Waals surface area contributed by atoms with E-state index in [0.29, 0.717) is 17.9 Å². The molecule has 1 amide bonds. The Hall–Kier alpha value is -3.38. The molecule has 0 bridgehead atoms. The smallest absolute Gasteiger partial charge is 0.258 e. The van der Waals surface area contributed by atoms with Crippen molar-refractivity contribution in [2.24, 2.45) is 0 Å². The van der Waals surface area contributed by atoms with E-state index in [9.17, 15) is 10.1 Å². The van der Waals surface area contributed by atoms with Crippen LogP contribution in [0.2, 0.25) is 0 Å². The second-order valence-corrected chi connectivity index (χ2v) is 6.03. The molecule has 5 N–H and O–H groups in total. The Balaban J connectivity index is 1.73. The summed E-state index contributed by atoms with van der Waals surface area (Å²) in [6.07, 6.45) is 2.01. The number of para-hydroxylation sites is 1. The summed E-state index contributed by atoms with van der Waals surface area (Å²) < 4.78 is 11.1. The number of hydrogen-bond donors (Lipinski definition) is 3. The molecule has 1 aromatic heterocycles. The Kier molecular flexibility index (Phi) is 5.68. The summed E-state index contributed by atoms with van der Waals surface area (Å²) >= 11 is 0. The van der Waals surface area contributed by atoms with Crippen LogP contribution in [0.25, 0.3) is 11.3 Å². The number of anilines is 2. The fourth-order valence-corrected chi connectivity index (χ4v) is 2.82. The zero-order valence-corrected chi connectivity index (χ0v) is 14.6. The van der Waals surface area contributed by atoms with Crippen LogP contribution in [0, 0.1) is 11.3 Å². The maximum Gasteiger partial charge on any atom is 0.258 e. The van der Waals surface area contributed by atoms with Gasteiger partial charge in [-0.25, -0.2) is 4.98 Å². The lowest BCUT2D eigenvalue weighted by molar-refractivity contribution is -0.123. The Morgan fingerprint density at radius 1 is 1.37 bits per heavy atom. The minimum atomic E-state index is -0.262. The first-order valence-corrected chi connectivity index (χ1v) is 8.52. The summed E-state index contributed by atoms with van der Waals surface area (Å²) in [4.78, 5) is 20.0. The topological polar surface area (TPSA) is 149 Å². The molecule has 9 heteroatoms. The van der Waals surface area contributed by atoms with Crippen LogP contribution in [-0.2, 0) is 9.53 Å². The molecule has 1 aliphatic rings. The summed E-state index contributed by atoms with van der Waals surface area (Å²) in [6, 6.07) is 8.88. The predicted molar refractivity (Wildman–Crippen MR) is 98.5 cm³/mol. The maximum atomic E-state index is 12.0. The van der Waals surface area contributed by atoms with E-state index in [1.54, 1.807) is 24.3 Å². The van der Waals surface area contributed by atoms with Crippen LogP contribution in [0.1, 0.15) is 18.4 Å². The number of amides is 1. The fourth-order valence-electron chi connectivity index (χ4n) is 2.82. The molecule has 0 saturated carbocycles. The highest BCUT2D eigenvalue weighted by Gasteiger charge is 2.18. The third-order valence-corrected chi connectivity index (χ3v) is 4.12. The normalized spacial score (nSPS) is 15.9. The van der Waals surface area contributed by atoms with Crippen molar-refractivity contribution in [2.45, 2.75) is 18.9 Å². The van der Waals surface area contributed by atoms with Crippen LogP contribution in [0.5, 0.6) is 5.75 Å². The molecule has 1 atom stereocenters. The number of nitriles is 1. The molecule has 1 aliphatic heterocycles. The molecule has 0 radical (unpaired) electrons. The van der Waals surface area contributed by atoms with Gasteiger partial charge in [0, 0.05) is 18.7 Å². The van der Waals surface area contributed by atoms with E-state index in [1.165, 1.54) is 0 Å². The molecule has 1 fully saturated rings. The number of aromatic nitrogens is 2. The Morgan fingerprint density at radius 2 is 2.19 bits per heavy atom. The third-order valence-electron chi connectivity index (χ3n) is 4.12. The van der Waals surface area contributed by atoms with Gasteiger partial charge in [-0.2, -0.15) is 10.2 Å². The lowest BCUT2D eigenvalue weighted by atomic mass is 10.1. The molecular formula is C18H20N6O3. The lowest BCUT2D eigenvalue weighted by Gasteiger charge is -2.14. The van der Waals surface area contributed by atoms with Gasteiger partial charge in [-0.05, 0) is 25.0 Å². The van der Waals surface area contributed by atoms with E-state index in [0.717, 1.165) is 19.4 Å². The third kappa shape index (κ3) is 4.43. The highest BCUT2D eigenvalue weighted by molar-refractivity contribution is 5.79. The number of nitrogen functional groups attached to an aromatic ring is 2. The summed E-state index contributed by atoms with van der Waals surface area (Å²) in [5.41, 5.74) is 12.3. The minimum absolute atomic E-state index is 0.0101. The van der Waals surface area contributed by atoms with Gasteiger partial charge < -0.3 is 26.3 Å². The van der Waals surface area contributed by atoms with Gasteiger partial charge in [0.1, 0.15) is 23.2 Å². The van der Waals surface area contributed by atoms with Gasteiger partial charge in [0.25, 0.3) is 5.91 Å². The summed E-state index contributed by atoms with van der Waals surface area (Å²) in [6.45, 7) is 1.01. The first-order valence-electron chi connectivity index (χ1n) is 8.52. The number of rotatable bonds is 6. The zero-order valence-electron chi connectivity index (χ0n) is 14.6. The average Bonchev–Trinajstić information content (AvgIpc) is 3.18. The monoisotopic (exact) mass is 368 g/mol. The summed E-state index contributed by atoms with van der Waals surface area (Å²) in [5, 5.41) is 12.2. The molecule has 140 valence electrons. The number of nitrogens with two attached hydrogens (primary N) is 2. The van der Waals surface area contributed by atoms with Crippen LogP contribution in [0.4, 0.5) is 11.8 Å². The molecule has 0 spiro atoms. The molecule has 1 saturated heterocycles. The van der Waals surface area contributed by atoms with Crippen molar-refractivity contribution in [1.29, 1.82) is 5.26 Å². The first kappa shape index (κ1) is 18.4. The van der Waals surface area contributed by atoms with Gasteiger partial charge in [-0.3, -0.25) is 4.79 Å². The van der Waals surface area contributed by atoms with Crippen molar-refractivity contribution in [3.63, 3.8) is 0 Å². The molecule has 9 nitrogen and oxygen atoms in total. The van der Waals surface area contributed by atoms with Gasteiger partial charge in [-0.15, -0.1) is 0 Å². The minimum Gasteiger partial charge on any atom is -0.483 e. The second-order valence-electron chi connectivity index (χ2n) is 6.03. The fraction of sp³-hybridized carbons (Fsp3) is 0.333. The number of benzene rings is 1. The number of nitrogens with one attached hydrogen (secondary N) is 1. The van der Waals surface area contributed by atoms with Crippen LogP contribution in [0.3, 0.4) is 0 Å². The van der Waals surface area contributed by atoms with Crippen molar-refractivity contribution in [1.82, 2.24) is 15.3 Å². The average molecular weight is 368 g/mol. The second kappa shape index (κ2) is 8.33. The van der Waals surface area contributed by atoms with Gasteiger partial charge in [0.05, 0.1) is 11.8 Å². The highest BCUT2D eigenvalue weighted by Crippen LogP contribution is 2.32. The van der Waals surface area contributed by atoms with E-state index in [1.807, 2.05) is 6.07 Å². The number of hydrogen-bond acceptors (Lipinski definition) is 8. The first-order chi connectivity index (χ1) is 13.1. The Bertz CT molecular complexity index is 874. The van der Waals surface area contributed by atoms with Crippen LogP contribution >= 0.6 is 0 Å². The molecular weight excluding hydrogens is 348 g/mol. The predicted octanol–water partition coefficient (Wildman–Crippen LogP) is 0.854. The summed E-state index contributed by atoms with van der Waals surface area (Å²) in [5.74, 6) is 0.0658. The lowest BCUT2D eigenvalue weighted by Crippen LogP contribution is -2.35. The largest absolute Gasteiger partial charge is 0.483 e. The molecule has 0 aliphatic carbocycles. The van der Waals surface area contributed by atoms with Gasteiger partial charge >= 0.3 is 0 Å². The highest BCUT2D eigenvalue weighted by atomic mass is 16.5. The molecule has 2 aromatic rings. The molecule has 27 heavy (non-hydrogen) atoms. The van der Waals surface area contributed by atoms with Crippen LogP contribution in [-0.4, -0.2) is 41.7 Å². The Morgan fingerprint density at radius 3 is 2.93 bits per heavy atom. The maximum absolute atomic E-state index is 12.0. The standard InChI is InChI=1S/C18H20N6O3/c19-8-13-16(23-18(21)24-17(13)20)12-5-1-2-6-14(12)27-10-15(25)22-9-11-4-3-7-26-11/h1-2,5-6,11H,3-4,7,9-10H2,(H,22,25)(H4,20,21,23,24). The van der Waals surface area contributed by atoms with E-state index >= 15 is 0 Å². The van der Waals surface area contributed by atoms with Crippen LogP contribution in [0.15, 0.2) is 24.3 Å². The van der Waals surface area contributed by atoms with Gasteiger partial charge in [0.2, 0.25) is 5.95 Å². The number of carbonyl (C=O) groups is 1. The quantitative estimate of drug-likeness (QED) is 0.679. The SMILES string of the molecule is N#Cc1c(N)nc(N)nc1-c1ccccc1OCC(=O)NCC1CCCO1.